The van der Waals surface area contributed by atoms with Gasteiger partial charge in [-0.05, 0) is 25.5 Å². The Morgan fingerprint density at radius 2 is 1.60 bits per heavy atom. The zero-order valence-electron chi connectivity index (χ0n) is 17.5. The maximum atomic E-state index is 13.3. The number of ether oxygens (including phenoxy) is 1. The predicted molar refractivity (Wildman–Crippen MR) is 116 cm³/mol. The molecule has 0 saturated heterocycles. The molecule has 0 saturated carbocycles. The standard InChI is InChI=1S/C24H23N3O3/c1-15-21(16(2)27(4)25-15)24(29)30-14-20(28)22-18-12-8-9-13-19(18)26(3)23(22)17-10-6-5-7-11-17/h5-13H,14H2,1-4H3. The summed E-state index contributed by atoms with van der Waals surface area (Å²) >= 11 is 0. The Balaban J connectivity index is 1.71. The van der Waals surface area contributed by atoms with Crippen LogP contribution in [-0.2, 0) is 18.8 Å². The first kappa shape index (κ1) is 19.6. The second-order valence-electron chi connectivity index (χ2n) is 7.33. The molecule has 0 aliphatic heterocycles. The van der Waals surface area contributed by atoms with E-state index in [1.165, 1.54) is 0 Å². The van der Waals surface area contributed by atoms with Gasteiger partial charge in [0, 0.05) is 30.7 Å². The number of carbonyl (C=O) groups is 2. The lowest BCUT2D eigenvalue weighted by atomic mass is 10.0. The van der Waals surface area contributed by atoms with Crippen LogP contribution in [0.3, 0.4) is 0 Å². The van der Waals surface area contributed by atoms with Gasteiger partial charge >= 0.3 is 5.97 Å². The Hall–Kier alpha value is -3.67. The third-order valence-electron chi connectivity index (χ3n) is 5.48. The van der Waals surface area contributed by atoms with Crippen LogP contribution in [0.25, 0.3) is 22.2 Å². The van der Waals surface area contributed by atoms with Crippen molar-refractivity contribution < 1.29 is 14.3 Å². The summed E-state index contributed by atoms with van der Waals surface area (Å²) in [7, 11) is 3.71. The smallest absolute Gasteiger partial charge is 0.342 e. The second-order valence-corrected chi connectivity index (χ2v) is 7.33. The van der Waals surface area contributed by atoms with Crippen molar-refractivity contribution in [2.75, 3.05) is 6.61 Å². The molecule has 0 atom stereocenters. The monoisotopic (exact) mass is 401 g/mol. The summed E-state index contributed by atoms with van der Waals surface area (Å²) in [5.41, 5.74) is 4.96. The zero-order valence-corrected chi connectivity index (χ0v) is 17.5. The van der Waals surface area contributed by atoms with Crippen LogP contribution in [0.5, 0.6) is 0 Å². The molecular weight excluding hydrogens is 378 g/mol. The van der Waals surface area contributed by atoms with Crippen molar-refractivity contribution in [3.8, 4) is 11.3 Å². The van der Waals surface area contributed by atoms with Crippen molar-refractivity contribution in [3.63, 3.8) is 0 Å². The van der Waals surface area contributed by atoms with Crippen LogP contribution in [-0.4, -0.2) is 32.7 Å². The summed E-state index contributed by atoms with van der Waals surface area (Å²) in [6.07, 6.45) is 0. The number of rotatable bonds is 5. The highest BCUT2D eigenvalue weighted by Gasteiger charge is 2.25. The molecule has 6 heteroatoms. The molecule has 0 N–H and O–H groups in total. The van der Waals surface area contributed by atoms with Crippen LogP contribution in [0.2, 0.25) is 0 Å². The quantitative estimate of drug-likeness (QED) is 0.371. The van der Waals surface area contributed by atoms with E-state index in [-0.39, 0.29) is 12.4 Å². The molecule has 0 aliphatic rings. The van der Waals surface area contributed by atoms with E-state index in [9.17, 15) is 9.59 Å². The lowest BCUT2D eigenvalue weighted by Crippen LogP contribution is -2.16. The minimum atomic E-state index is -0.534. The molecule has 30 heavy (non-hydrogen) atoms. The van der Waals surface area contributed by atoms with E-state index >= 15 is 0 Å². The SMILES string of the molecule is Cc1nn(C)c(C)c1C(=O)OCC(=O)c1c(-c2ccccc2)n(C)c2ccccc12. The molecule has 0 spiro atoms. The molecule has 4 aromatic rings. The molecule has 152 valence electrons. The summed E-state index contributed by atoms with van der Waals surface area (Å²) in [5, 5.41) is 5.08. The van der Waals surface area contributed by atoms with E-state index in [0.717, 1.165) is 22.2 Å². The van der Waals surface area contributed by atoms with Crippen LogP contribution in [0.15, 0.2) is 54.6 Å². The number of hydrogen-bond donors (Lipinski definition) is 0. The van der Waals surface area contributed by atoms with E-state index in [2.05, 4.69) is 5.10 Å². The fourth-order valence-corrected chi connectivity index (χ4v) is 3.95. The fraction of sp³-hybridized carbons (Fsp3) is 0.208. The van der Waals surface area contributed by atoms with Crippen LogP contribution in [0, 0.1) is 13.8 Å². The van der Waals surface area contributed by atoms with Crippen molar-refractivity contribution >= 4 is 22.7 Å². The van der Waals surface area contributed by atoms with Crippen molar-refractivity contribution in [2.24, 2.45) is 14.1 Å². The van der Waals surface area contributed by atoms with Gasteiger partial charge in [0.1, 0.15) is 5.56 Å². The lowest BCUT2D eigenvalue weighted by Gasteiger charge is -2.09. The van der Waals surface area contributed by atoms with Crippen molar-refractivity contribution in [3.05, 3.63) is 77.1 Å². The average Bonchev–Trinajstić information content (AvgIpc) is 3.19. The first-order valence-corrected chi connectivity index (χ1v) is 9.73. The van der Waals surface area contributed by atoms with E-state index in [0.29, 0.717) is 22.5 Å². The highest BCUT2D eigenvalue weighted by Crippen LogP contribution is 2.33. The van der Waals surface area contributed by atoms with Gasteiger partial charge in [-0.25, -0.2) is 4.79 Å². The number of para-hydroxylation sites is 1. The largest absolute Gasteiger partial charge is 0.454 e. The number of fused-ring (bicyclic) bond motifs is 1. The first-order chi connectivity index (χ1) is 14.4. The Bertz CT molecular complexity index is 1270. The summed E-state index contributed by atoms with van der Waals surface area (Å²) in [6, 6.07) is 17.5. The molecule has 0 aliphatic carbocycles. The van der Waals surface area contributed by atoms with Crippen molar-refractivity contribution in [1.29, 1.82) is 0 Å². The van der Waals surface area contributed by atoms with E-state index < -0.39 is 5.97 Å². The van der Waals surface area contributed by atoms with Gasteiger partial charge in [-0.1, -0.05) is 48.5 Å². The maximum absolute atomic E-state index is 13.3. The molecular formula is C24H23N3O3. The summed E-state index contributed by atoms with van der Waals surface area (Å²) in [4.78, 5) is 25.9. The molecule has 6 nitrogen and oxygen atoms in total. The number of hydrogen-bond acceptors (Lipinski definition) is 4. The molecule has 0 amide bonds. The summed E-state index contributed by atoms with van der Waals surface area (Å²) < 4.78 is 9.06. The average molecular weight is 401 g/mol. The van der Waals surface area contributed by atoms with Gasteiger partial charge in [0.15, 0.2) is 6.61 Å². The minimum absolute atomic E-state index is 0.238. The van der Waals surface area contributed by atoms with Crippen molar-refractivity contribution in [2.45, 2.75) is 13.8 Å². The number of Topliss-reactive ketones (excluding diaryl/α,β-unsaturated/α-hetero) is 1. The maximum Gasteiger partial charge on any atom is 0.342 e. The summed E-state index contributed by atoms with van der Waals surface area (Å²) in [5.74, 6) is -0.772. The summed E-state index contributed by atoms with van der Waals surface area (Å²) in [6.45, 7) is 3.22. The molecule has 2 heterocycles. The fourth-order valence-electron chi connectivity index (χ4n) is 3.95. The van der Waals surface area contributed by atoms with Gasteiger partial charge in [0.2, 0.25) is 5.78 Å². The van der Waals surface area contributed by atoms with Crippen LogP contribution in [0.4, 0.5) is 0 Å². The third kappa shape index (κ3) is 3.20. The number of aryl methyl sites for hydroxylation is 3. The second kappa shape index (κ2) is 7.63. The van der Waals surface area contributed by atoms with Gasteiger partial charge in [-0.15, -0.1) is 0 Å². The van der Waals surface area contributed by atoms with Gasteiger partial charge < -0.3 is 9.30 Å². The number of ketones is 1. The van der Waals surface area contributed by atoms with Gasteiger partial charge in [-0.3, -0.25) is 9.48 Å². The Morgan fingerprint density at radius 1 is 0.933 bits per heavy atom. The van der Waals surface area contributed by atoms with E-state index in [1.54, 1.807) is 25.6 Å². The zero-order chi connectivity index (χ0) is 21.4. The minimum Gasteiger partial charge on any atom is -0.454 e. The highest BCUT2D eigenvalue weighted by molar-refractivity contribution is 6.14. The van der Waals surface area contributed by atoms with Gasteiger partial charge in [-0.2, -0.15) is 5.10 Å². The lowest BCUT2D eigenvalue weighted by molar-refractivity contribution is 0.0473. The molecule has 2 aromatic carbocycles. The molecule has 0 radical (unpaired) electrons. The topological polar surface area (TPSA) is 66.1 Å². The Labute approximate surface area is 174 Å². The predicted octanol–water partition coefficient (Wildman–Crippen LogP) is 4.24. The van der Waals surface area contributed by atoms with Crippen LogP contribution >= 0.6 is 0 Å². The normalized spacial score (nSPS) is 11.1. The van der Waals surface area contributed by atoms with Gasteiger partial charge in [0.25, 0.3) is 0 Å². The van der Waals surface area contributed by atoms with Crippen LogP contribution < -0.4 is 0 Å². The van der Waals surface area contributed by atoms with Crippen molar-refractivity contribution in [1.82, 2.24) is 14.3 Å². The van der Waals surface area contributed by atoms with Gasteiger partial charge in [0.05, 0.1) is 17.0 Å². The van der Waals surface area contributed by atoms with Crippen LogP contribution in [0.1, 0.15) is 32.1 Å². The Kier molecular flexibility index (Phi) is 4.99. The molecule has 4 rings (SSSR count). The number of benzene rings is 2. The Morgan fingerprint density at radius 3 is 2.27 bits per heavy atom. The number of carbonyl (C=O) groups excluding carboxylic acids is 2. The van der Waals surface area contributed by atoms with E-state index in [1.807, 2.05) is 66.2 Å². The molecule has 0 bridgehead atoms. The first-order valence-electron chi connectivity index (χ1n) is 9.73. The molecule has 0 unspecified atom stereocenters. The number of nitrogens with zero attached hydrogens (tertiary/aromatic N) is 3. The number of esters is 1. The third-order valence-corrected chi connectivity index (χ3v) is 5.48. The van der Waals surface area contributed by atoms with E-state index in [4.69, 9.17) is 4.74 Å². The number of aromatic nitrogens is 3. The molecule has 0 fully saturated rings. The highest BCUT2D eigenvalue weighted by atomic mass is 16.5. The molecule has 2 aromatic heterocycles.